The van der Waals surface area contributed by atoms with Gasteiger partial charge >= 0.3 is 0 Å². The molecule has 0 aliphatic rings. The summed E-state index contributed by atoms with van der Waals surface area (Å²) in [5.74, 6) is 0.663. The highest BCUT2D eigenvalue weighted by Crippen LogP contribution is 2.28. The average Bonchev–Trinajstić information content (AvgIpc) is 3.17. The van der Waals surface area contributed by atoms with Gasteiger partial charge in [-0.15, -0.1) is 10.2 Å². The van der Waals surface area contributed by atoms with E-state index in [0.29, 0.717) is 16.7 Å². The molecule has 3 rings (SSSR count). The van der Waals surface area contributed by atoms with Crippen molar-refractivity contribution < 1.29 is 4.79 Å². The molecular weight excluding hydrogens is 396 g/mol. The van der Waals surface area contributed by atoms with Gasteiger partial charge in [0.2, 0.25) is 5.91 Å². The Bertz CT molecular complexity index is 995. The van der Waals surface area contributed by atoms with Gasteiger partial charge in [-0.2, -0.15) is 5.10 Å². The van der Waals surface area contributed by atoms with Crippen LogP contribution < -0.4 is 5.32 Å². The number of halogens is 1. The quantitative estimate of drug-likeness (QED) is 0.610. The zero-order valence-corrected chi connectivity index (χ0v) is 18.1. The number of hydrogen-bond donors (Lipinski definition) is 1. The number of carbonyl (C=O) groups is 1. The predicted octanol–water partition coefficient (Wildman–Crippen LogP) is 4.09. The molecule has 0 aliphatic carbocycles. The molecular formula is C19H23ClN6OS. The molecule has 0 fully saturated rings. The average molecular weight is 419 g/mol. The minimum absolute atomic E-state index is 0.0945. The second kappa shape index (κ2) is 8.36. The molecule has 28 heavy (non-hydrogen) atoms. The Balaban J connectivity index is 1.77. The second-order valence-electron chi connectivity index (χ2n) is 6.48. The number of benzene rings is 1. The van der Waals surface area contributed by atoms with Gasteiger partial charge < -0.3 is 9.88 Å². The Morgan fingerprint density at radius 3 is 2.50 bits per heavy atom. The normalized spacial score (nSPS) is 12.2. The van der Waals surface area contributed by atoms with Gasteiger partial charge in [-0.25, -0.2) is 0 Å². The van der Waals surface area contributed by atoms with Gasteiger partial charge in [-0.3, -0.25) is 9.48 Å². The number of nitrogens with one attached hydrogen (secondary N) is 1. The van der Waals surface area contributed by atoms with Gasteiger partial charge in [0.1, 0.15) is 0 Å². The van der Waals surface area contributed by atoms with Crippen LogP contribution in [-0.4, -0.2) is 35.7 Å². The number of aryl methyl sites for hydroxylation is 2. The van der Waals surface area contributed by atoms with E-state index in [-0.39, 0.29) is 11.2 Å². The monoisotopic (exact) mass is 418 g/mol. The van der Waals surface area contributed by atoms with Crippen LogP contribution in [0.2, 0.25) is 5.02 Å². The van der Waals surface area contributed by atoms with Crippen LogP contribution in [-0.2, 0) is 18.4 Å². The molecule has 0 unspecified atom stereocenters. The molecule has 0 bridgehead atoms. The summed E-state index contributed by atoms with van der Waals surface area (Å²) < 4.78 is 3.76. The maximum absolute atomic E-state index is 12.7. The lowest BCUT2D eigenvalue weighted by molar-refractivity contribution is -0.115. The second-order valence-corrected chi connectivity index (χ2v) is 8.22. The molecule has 0 saturated heterocycles. The van der Waals surface area contributed by atoms with Crippen molar-refractivity contribution in [2.45, 2.75) is 44.6 Å². The summed E-state index contributed by atoms with van der Waals surface area (Å²) in [5, 5.41) is 17.0. The van der Waals surface area contributed by atoms with Crippen LogP contribution in [0.4, 0.5) is 5.69 Å². The zero-order chi connectivity index (χ0) is 20.4. The third-order valence-electron chi connectivity index (χ3n) is 4.54. The Kier molecular flexibility index (Phi) is 6.10. The molecule has 0 saturated carbocycles. The zero-order valence-electron chi connectivity index (χ0n) is 16.5. The standard InChI is InChI=1S/C19H23ClN6OS/c1-6-26-17(14-7-9-15(20)10-8-14)22-23-19(26)28-13(4)18(27)21-16-11(2)24-25(5)12(16)3/h7-10,13H,6H2,1-5H3,(H,21,27)/t13-/m0/s1. The molecule has 9 heteroatoms. The summed E-state index contributed by atoms with van der Waals surface area (Å²) in [6, 6.07) is 7.48. The summed E-state index contributed by atoms with van der Waals surface area (Å²) in [6.45, 7) is 8.39. The van der Waals surface area contributed by atoms with Crippen LogP contribution in [0, 0.1) is 13.8 Å². The van der Waals surface area contributed by atoms with Crippen LogP contribution in [0.1, 0.15) is 25.2 Å². The molecule has 0 spiro atoms. The van der Waals surface area contributed by atoms with Crippen LogP contribution >= 0.6 is 23.4 Å². The minimum Gasteiger partial charge on any atom is -0.322 e. The third-order valence-corrected chi connectivity index (χ3v) is 5.88. The number of carbonyl (C=O) groups excluding carboxylic acids is 1. The highest BCUT2D eigenvalue weighted by atomic mass is 35.5. The van der Waals surface area contributed by atoms with Gasteiger partial charge in [-0.05, 0) is 52.0 Å². The SMILES string of the molecule is CCn1c(S[C@@H](C)C(=O)Nc2c(C)nn(C)c2C)nnc1-c1ccc(Cl)cc1. The molecule has 0 radical (unpaired) electrons. The van der Waals surface area contributed by atoms with Crippen molar-refractivity contribution in [2.24, 2.45) is 7.05 Å². The number of nitrogens with zero attached hydrogens (tertiary/aromatic N) is 5. The van der Waals surface area contributed by atoms with Gasteiger partial charge in [0.15, 0.2) is 11.0 Å². The van der Waals surface area contributed by atoms with Crippen molar-refractivity contribution in [3.05, 3.63) is 40.7 Å². The van der Waals surface area contributed by atoms with E-state index in [9.17, 15) is 4.79 Å². The fourth-order valence-electron chi connectivity index (χ4n) is 2.86. The van der Waals surface area contributed by atoms with Crippen LogP contribution in [0.3, 0.4) is 0 Å². The Labute approximate surface area is 173 Å². The summed E-state index contributed by atoms with van der Waals surface area (Å²) in [5.41, 5.74) is 3.42. The molecule has 3 aromatic rings. The summed E-state index contributed by atoms with van der Waals surface area (Å²) in [4.78, 5) is 12.7. The third kappa shape index (κ3) is 4.07. The molecule has 1 N–H and O–H groups in total. The van der Waals surface area contributed by atoms with Crippen LogP contribution in [0.25, 0.3) is 11.4 Å². The van der Waals surface area contributed by atoms with Crippen molar-refractivity contribution in [1.29, 1.82) is 0 Å². The van der Waals surface area contributed by atoms with E-state index in [2.05, 4.69) is 20.6 Å². The maximum atomic E-state index is 12.7. The van der Waals surface area contributed by atoms with Crippen LogP contribution in [0.5, 0.6) is 0 Å². The fourth-order valence-corrected chi connectivity index (χ4v) is 3.90. The minimum atomic E-state index is -0.341. The Hall–Kier alpha value is -2.32. The van der Waals surface area contributed by atoms with Gasteiger partial charge in [-0.1, -0.05) is 23.4 Å². The largest absolute Gasteiger partial charge is 0.322 e. The van der Waals surface area contributed by atoms with Gasteiger partial charge in [0.25, 0.3) is 0 Å². The van der Waals surface area contributed by atoms with E-state index >= 15 is 0 Å². The molecule has 0 aliphatic heterocycles. The van der Waals surface area contributed by atoms with E-state index < -0.39 is 0 Å². The molecule has 1 atom stereocenters. The molecule has 2 heterocycles. The lowest BCUT2D eigenvalue weighted by Crippen LogP contribution is -2.23. The van der Waals surface area contributed by atoms with Crippen LogP contribution in [0.15, 0.2) is 29.4 Å². The summed E-state index contributed by atoms with van der Waals surface area (Å²) in [7, 11) is 1.86. The highest BCUT2D eigenvalue weighted by Gasteiger charge is 2.22. The van der Waals surface area contributed by atoms with Crippen molar-refractivity contribution in [3.8, 4) is 11.4 Å². The Morgan fingerprint density at radius 2 is 1.93 bits per heavy atom. The van der Waals surface area contributed by atoms with E-state index in [1.807, 2.05) is 63.6 Å². The lowest BCUT2D eigenvalue weighted by atomic mass is 10.2. The van der Waals surface area contributed by atoms with Gasteiger partial charge in [0, 0.05) is 24.2 Å². The number of anilines is 1. The predicted molar refractivity (Wildman–Crippen MR) is 113 cm³/mol. The summed E-state index contributed by atoms with van der Waals surface area (Å²) in [6.07, 6.45) is 0. The van der Waals surface area contributed by atoms with E-state index in [0.717, 1.165) is 28.5 Å². The Morgan fingerprint density at radius 1 is 1.25 bits per heavy atom. The number of thioether (sulfide) groups is 1. The molecule has 148 valence electrons. The van der Waals surface area contributed by atoms with Crippen molar-refractivity contribution in [2.75, 3.05) is 5.32 Å². The maximum Gasteiger partial charge on any atom is 0.237 e. The fraction of sp³-hybridized carbons (Fsp3) is 0.368. The van der Waals surface area contributed by atoms with Crippen molar-refractivity contribution >= 4 is 35.0 Å². The number of aromatic nitrogens is 5. The van der Waals surface area contributed by atoms with Crippen molar-refractivity contribution in [1.82, 2.24) is 24.5 Å². The topological polar surface area (TPSA) is 77.6 Å². The van der Waals surface area contributed by atoms with E-state index in [1.165, 1.54) is 11.8 Å². The van der Waals surface area contributed by atoms with E-state index in [1.54, 1.807) is 4.68 Å². The first-order valence-electron chi connectivity index (χ1n) is 8.98. The molecule has 1 aromatic carbocycles. The van der Waals surface area contributed by atoms with Gasteiger partial charge in [0.05, 0.1) is 22.3 Å². The first-order valence-corrected chi connectivity index (χ1v) is 10.2. The smallest absolute Gasteiger partial charge is 0.237 e. The number of rotatable bonds is 6. The first kappa shape index (κ1) is 20.4. The molecule has 2 aromatic heterocycles. The number of hydrogen-bond acceptors (Lipinski definition) is 5. The molecule has 1 amide bonds. The lowest BCUT2D eigenvalue weighted by Gasteiger charge is -2.13. The summed E-state index contributed by atoms with van der Waals surface area (Å²) >= 11 is 7.36. The van der Waals surface area contributed by atoms with Crippen molar-refractivity contribution in [3.63, 3.8) is 0 Å². The number of amides is 1. The highest BCUT2D eigenvalue weighted by molar-refractivity contribution is 8.00. The first-order chi connectivity index (χ1) is 13.3. The van der Waals surface area contributed by atoms with E-state index in [4.69, 9.17) is 11.6 Å². The molecule has 7 nitrogen and oxygen atoms in total.